The Hall–Kier alpha value is -1.54. The van der Waals surface area contributed by atoms with Gasteiger partial charge in [-0.3, -0.25) is 4.79 Å². The molecule has 1 atom stereocenters. The van der Waals surface area contributed by atoms with Crippen LogP contribution in [0, 0.1) is 0 Å². The number of anilines is 1. The van der Waals surface area contributed by atoms with Gasteiger partial charge >= 0.3 is 0 Å². The predicted octanol–water partition coefficient (Wildman–Crippen LogP) is 2.58. The molecule has 2 aromatic rings. The first-order valence-corrected chi connectivity index (χ1v) is 8.28. The van der Waals surface area contributed by atoms with Gasteiger partial charge in [-0.25, -0.2) is 4.98 Å². The zero-order valence-electron chi connectivity index (χ0n) is 12.5. The maximum Gasteiger partial charge on any atom is 0.255 e. The van der Waals surface area contributed by atoms with Gasteiger partial charge in [-0.15, -0.1) is 0 Å². The number of benzene rings is 1. The largest absolute Gasteiger partial charge is 0.376 e. The molecule has 3 rings (SSSR count). The highest BCUT2D eigenvalue weighted by Gasteiger charge is 2.23. The van der Waals surface area contributed by atoms with Crippen LogP contribution in [-0.4, -0.2) is 41.4 Å². The molecule has 6 nitrogen and oxygen atoms in total. The first-order chi connectivity index (χ1) is 11.1. The van der Waals surface area contributed by atoms with Gasteiger partial charge in [0, 0.05) is 29.4 Å². The molecule has 2 heterocycles. The van der Waals surface area contributed by atoms with Crippen molar-refractivity contribution < 1.29 is 14.3 Å². The second kappa shape index (κ2) is 7.35. The van der Waals surface area contributed by atoms with Gasteiger partial charge < -0.3 is 19.4 Å². The third-order valence-corrected chi connectivity index (χ3v) is 4.67. The molecule has 1 fully saturated rings. The van der Waals surface area contributed by atoms with E-state index in [-0.39, 0.29) is 12.5 Å². The molecule has 0 saturated carbocycles. The van der Waals surface area contributed by atoms with Crippen LogP contribution in [0.25, 0.3) is 0 Å². The molecule has 122 valence electrons. The average Bonchev–Trinajstić information content (AvgIpc) is 2.96. The number of ether oxygens (including phenoxy) is 2. The molecule has 1 unspecified atom stereocenters. The summed E-state index contributed by atoms with van der Waals surface area (Å²) in [4.78, 5) is 17.4. The molecule has 1 saturated heterocycles. The summed E-state index contributed by atoms with van der Waals surface area (Å²) in [6.07, 6.45) is 2.99. The van der Waals surface area contributed by atoms with Crippen molar-refractivity contribution >= 4 is 35.0 Å². The molecule has 1 aliphatic rings. The van der Waals surface area contributed by atoms with Crippen molar-refractivity contribution in [3.8, 4) is 0 Å². The second-order valence-corrected chi connectivity index (χ2v) is 6.43. The van der Waals surface area contributed by atoms with Gasteiger partial charge in [-0.05, 0) is 30.0 Å². The van der Waals surface area contributed by atoms with Crippen LogP contribution in [0.1, 0.15) is 0 Å². The number of halogens is 1. The van der Waals surface area contributed by atoms with Gasteiger partial charge in [0.25, 0.3) is 5.91 Å². The van der Waals surface area contributed by atoms with Crippen molar-refractivity contribution in [1.29, 1.82) is 0 Å². The number of hydrogen-bond donors (Lipinski definition) is 1. The van der Waals surface area contributed by atoms with Gasteiger partial charge in [-0.1, -0.05) is 11.6 Å². The average molecular weight is 354 g/mol. The zero-order chi connectivity index (χ0) is 16.2. The number of nitrogens with one attached hydrogen (secondary N) is 1. The molecule has 0 spiro atoms. The van der Waals surface area contributed by atoms with E-state index in [1.807, 2.05) is 23.9 Å². The molecular weight excluding hydrogens is 338 g/mol. The summed E-state index contributed by atoms with van der Waals surface area (Å²) in [6.45, 7) is 1.19. The van der Waals surface area contributed by atoms with Gasteiger partial charge in [0.05, 0.1) is 25.5 Å². The summed E-state index contributed by atoms with van der Waals surface area (Å²) >= 11 is 7.51. The highest BCUT2D eigenvalue weighted by molar-refractivity contribution is 7.99. The van der Waals surface area contributed by atoms with E-state index in [9.17, 15) is 4.79 Å². The second-order valence-electron chi connectivity index (χ2n) is 4.99. The molecule has 1 N–H and O–H groups in total. The molecule has 23 heavy (non-hydrogen) atoms. The smallest absolute Gasteiger partial charge is 0.255 e. The Morgan fingerprint density at radius 3 is 3.04 bits per heavy atom. The van der Waals surface area contributed by atoms with Crippen LogP contribution in [0.15, 0.2) is 40.6 Å². The van der Waals surface area contributed by atoms with Crippen molar-refractivity contribution in [3.05, 3.63) is 35.6 Å². The Morgan fingerprint density at radius 2 is 2.35 bits per heavy atom. The fraction of sp³-hybridized carbons (Fsp3) is 0.333. The molecule has 1 aromatic carbocycles. The Morgan fingerprint density at radius 1 is 1.48 bits per heavy atom. The number of aromatic nitrogens is 2. The summed E-state index contributed by atoms with van der Waals surface area (Å²) in [5.41, 5.74) is 0.629. The number of hydrogen-bond acceptors (Lipinski definition) is 5. The van der Waals surface area contributed by atoms with Gasteiger partial charge in [0.1, 0.15) is 0 Å². The predicted molar refractivity (Wildman–Crippen MR) is 88.0 cm³/mol. The van der Waals surface area contributed by atoms with Crippen LogP contribution < -0.4 is 5.32 Å². The number of rotatable bonds is 4. The molecule has 0 aliphatic carbocycles. The van der Waals surface area contributed by atoms with E-state index in [4.69, 9.17) is 21.1 Å². The number of aryl methyl sites for hydroxylation is 1. The molecule has 0 radical (unpaired) electrons. The van der Waals surface area contributed by atoms with E-state index in [1.54, 1.807) is 18.3 Å². The maximum absolute atomic E-state index is 12.3. The van der Waals surface area contributed by atoms with Crippen molar-refractivity contribution in [2.24, 2.45) is 7.05 Å². The highest BCUT2D eigenvalue weighted by Crippen LogP contribution is 2.34. The quantitative estimate of drug-likeness (QED) is 0.915. The number of carbonyl (C=O) groups excluding carboxylic acids is 1. The normalized spacial score (nSPS) is 17.9. The first-order valence-electron chi connectivity index (χ1n) is 7.08. The SMILES string of the molecule is Cn1ccnc1Sc1ccc(Cl)cc1NC(=O)C1COCCO1. The standard InChI is InChI=1S/C15H16ClN3O3S/c1-19-5-4-17-15(19)23-13-3-2-10(16)8-11(13)18-14(20)12-9-21-6-7-22-12/h2-5,8,12H,6-7,9H2,1H3,(H,18,20). The van der Waals surface area contributed by atoms with E-state index < -0.39 is 6.10 Å². The van der Waals surface area contributed by atoms with Crippen molar-refractivity contribution in [1.82, 2.24) is 9.55 Å². The third kappa shape index (κ3) is 4.06. The summed E-state index contributed by atoms with van der Waals surface area (Å²) in [5.74, 6) is -0.242. The van der Waals surface area contributed by atoms with Crippen LogP contribution in [0.5, 0.6) is 0 Å². The molecule has 1 aliphatic heterocycles. The minimum atomic E-state index is -0.603. The Bertz CT molecular complexity index is 701. The minimum Gasteiger partial charge on any atom is -0.376 e. The fourth-order valence-electron chi connectivity index (χ4n) is 2.09. The number of carbonyl (C=O) groups is 1. The van der Waals surface area contributed by atoms with Gasteiger partial charge in [0.2, 0.25) is 0 Å². The maximum atomic E-state index is 12.3. The van der Waals surface area contributed by atoms with Crippen LogP contribution in [0.4, 0.5) is 5.69 Å². The molecule has 0 bridgehead atoms. The number of nitrogens with zero attached hydrogens (tertiary/aromatic N) is 2. The van der Waals surface area contributed by atoms with Crippen LogP contribution in [0.3, 0.4) is 0 Å². The lowest BCUT2D eigenvalue weighted by Crippen LogP contribution is -2.39. The summed E-state index contributed by atoms with van der Waals surface area (Å²) in [6, 6.07) is 5.35. The van der Waals surface area contributed by atoms with Gasteiger partial charge in [-0.2, -0.15) is 0 Å². The minimum absolute atomic E-state index is 0.242. The van der Waals surface area contributed by atoms with Gasteiger partial charge in [0.15, 0.2) is 11.3 Å². The molecule has 1 aromatic heterocycles. The summed E-state index contributed by atoms with van der Waals surface area (Å²) in [7, 11) is 1.91. The monoisotopic (exact) mass is 353 g/mol. The highest BCUT2D eigenvalue weighted by atomic mass is 35.5. The van der Waals surface area contributed by atoms with Crippen molar-refractivity contribution in [3.63, 3.8) is 0 Å². The summed E-state index contributed by atoms with van der Waals surface area (Å²) in [5, 5.41) is 4.23. The molecule has 1 amide bonds. The van der Waals surface area contributed by atoms with Crippen LogP contribution in [-0.2, 0) is 21.3 Å². The first kappa shape index (κ1) is 16.3. The Labute approximate surface area is 143 Å². The lowest BCUT2D eigenvalue weighted by atomic mass is 10.2. The Kier molecular flexibility index (Phi) is 5.22. The van der Waals surface area contributed by atoms with E-state index in [2.05, 4.69) is 10.3 Å². The van der Waals surface area contributed by atoms with E-state index >= 15 is 0 Å². The number of imidazole rings is 1. The fourth-order valence-corrected chi connectivity index (χ4v) is 3.13. The lowest BCUT2D eigenvalue weighted by molar-refractivity contribution is -0.142. The van der Waals surface area contributed by atoms with Crippen molar-refractivity contribution in [2.45, 2.75) is 16.2 Å². The Balaban J connectivity index is 1.78. The van der Waals surface area contributed by atoms with E-state index in [1.165, 1.54) is 11.8 Å². The van der Waals surface area contributed by atoms with Crippen LogP contribution >= 0.6 is 23.4 Å². The third-order valence-electron chi connectivity index (χ3n) is 3.29. The number of amides is 1. The zero-order valence-corrected chi connectivity index (χ0v) is 14.1. The van der Waals surface area contributed by atoms with Crippen molar-refractivity contribution in [2.75, 3.05) is 25.1 Å². The lowest BCUT2D eigenvalue weighted by Gasteiger charge is -2.22. The topological polar surface area (TPSA) is 65.4 Å². The molecule has 8 heteroatoms. The summed E-state index contributed by atoms with van der Waals surface area (Å²) < 4.78 is 12.6. The van der Waals surface area contributed by atoms with E-state index in [0.29, 0.717) is 23.9 Å². The van der Waals surface area contributed by atoms with Crippen LogP contribution in [0.2, 0.25) is 5.02 Å². The van der Waals surface area contributed by atoms with E-state index in [0.717, 1.165) is 10.1 Å². The molecular formula is C15H16ClN3O3S.